The molecule has 0 aliphatic carbocycles. The van der Waals surface area contributed by atoms with E-state index >= 15 is 0 Å². The second kappa shape index (κ2) is 6.04. The van der Waals surface area contributed by atoms with Gasteiger partial charge in [0.2, 0.25) is 0 Å². The number of thiocarbonyl (C=S) groups is 1. The van der Waals surface area contributed by atoms with Gasteiger partial charge in [0, 0.05) is 5.57 Å². The van der Waals surface area contributed by atoms with Gasteiger partial charge in [-0.25, -0.2) is 4.79 Å². The van der Waals surface area contributed by atoms with Crippen LogP contribution in [0.1, 0.15) is 25.7 Å². The summed E-state index contributed by atoms with van der Waals surface area (Å²) >= 11 is 4.62. The van der Waals surface area contributed by atoms with E-state index in [-0.39, 0.29) is 5.57 Å². The summed E-state index contributed by atoms with van der Waals surface area (Å²) in [5.41, 5.74) is 0.286. The Hall–Kier alpha value is -0.700. The third-order valence-corrected chi connectivity index (χ3v) is 1.59. The standard InChI is InChI=1S/C8H12O2S/c1-7(8(9)10)5-3-2-4-6-11/h6H,1-5H2,(H,9,10). The monoisotopic (exact) mass is 172 g/mol. The molecule has 0 saturated heterocycles. The molecule has 0 atom stereocenters. The first kappa shape index (κ1) is 10.3. The van der Waals surface area contributed by atoms with Gasteiger partial charge >= 0.3 is 5.97 Å². The maximum atomic E-state index is 10.2. The first-order chi connectivity index (χ1) is 5.18. The molecule has 62 valence electrons. The zero-order chi connectivity index (χ0) is 8.69. The Morgan fingerprint density at radius 1 is 1.55 bits per heavy atom. The number of aliphatic carboxylic acids is 1. The molecule has 0 aromatic heterocycles. The summed E-state index contributed by atoms with van der Waals surface area (Å²) in [6.07, 6.45) is 3.26. The fourth-order valence-electron chi connectivity index (χ4n) is 0.673. The number of unbranched alkanes of at least 4 members (excludes halogenated alkanes) is 2. The van der Waals surface area contributed by atoms with Gasteiger partial charge < -0.3 is 5.11 Å². The maximum Gasteiger partial charge on any atom is 0.330 e. The molecule has 1 N–H and O–H groups in total. The largest absolute Gasteiger partial charge is 0.478 e. The Morgan fingerprint density at radius 3 is 2.64 bits per heavy atom. The lowest BCUT2D eigenvalue weighted by molar-refractivity contribution is -0.132. The van der Waals surface area contributed by atoms with Crippen molar-refractivity contribution < 1.29 is 9.90 Å². The minimum Gasteiger partial charge on any atom is -0.478 e. The van der Waals surface area contributed by atoms with Crippen LogP contribution in [0.2, 0.25) is 0 Å². The van der Waals surface area contributed by atoms with Crippen molar-refractivity contribution in [1.82, 2.24) is 0 Å². The van der Waals surface area contributed by atoms with Crippen LogP contribution in [0, 0.1) is 0 Å². The van der Waals surface area contributed by atoms with Crippen molar-refractivity contribution in [2.45, 2.75) is 25.7 Å². The predicted molar refractivity (Wildman–Crippen MR) is 48.9 cm³/mol. The lowest BCUT2D eigenvalue weighted by Crippen LogP contribution is -1.98. The molecule has 3 heteroatoms. The zero-order valence-corrected chi connectivity index (χ0v) is 7.19. The lowest BCUT2D eigenvalue weighted by Gasteiger charge is -1.97. The third-order valence-electron chi connectivity index (χ3n) is 1.35. The normalized spacial score (nSPS) is 9.09. The van der Waals surface area contributed by atoms with E-state index in [1.807, 2.05) is 0 Å². The lowest BCUT2D eigenvalue weighted by atomic mass is 10.1. The molecule has 0 fully saturated rings. The van der Waals surface area contributed by atoms with Crippen LogP contribution >= 0.6 is 12.2 Å². The average molecular weight is 172 g/mol. The molecule has 0 radical (unpaired) electrons. The molecule has 0 rings (SSSR count). The summed E-state index contributed by atoms with van der Waals surface area (Å²) in [5.74, 6) is -0.896. The Labute approximate surface area is 71.9 Å². The van der Waals surface area contributed by atoms with Gasteiger partial charge in [0.25, 0.3) is 0 Å². The van der Waals surface area contributed by atoms with Gasteiger partial charge in [-0.15, -0.1) is 0 Å². The molecule has 11 heavy (non-hydrogen) atoms. The van der Waals surface area contributed by atoms with Crippen molar-refractivity contribution in [3.05, 3.63) is 12.2 Å². The Kier molecular flexibility index (Phi) is 5.65. The molecule has 0 spiro atoms. The molecule has 0 aliphatic rings. The Balaban J connectivity index is 3.31. The number of hydrogen-bond donors (Lipinski definition) is 1. The highest BCUT2D eigenvalue weighted by molar-refractivity contribution is 7.78. The van der Waals surface area contributed by atoms with Crippen molar-refractivity contribution in [3.8, 4) is 0 Å². The van der Waals surface area contributed by atoms with Crippen LogP contribution in [0.4, 0.5) is 0 Å². The van der Waals surface area contributed by atoms with Gasteiger partial charge in [-0.05, 0) is 31.1 Å². The van der Waals surface area contributed by atoms with E-state index in [4.69, 9.17) is 5.11 Å². The summed E-state index contributed by atoms with van der Waals surface area (Å²) in [4.78, 5) is 10.2. The molecule has 0 aromatic rings. The van der Waals surface area contributed by atoms with Crippen molar-refractivity contribution in [2.24, 2.45) is 0 Å². The summed E-state index contributed by atoms with van der Waals surface area (Å²) in [7, 11) is 0. The Morgan fingerprint density at radius 2 is 2.18 bits per heavy atom. The predicted octanol–water partition coefficient (Wildman–Crippen LogP) is 2.19. The van der Waals surface area contributed by atoms with E-state index < -0.39 is 5.97 Å². The highest BCUT2D eigenvalue weighted by atomic mass is 32.1. The second-order valence-corrected chi connectivity index (χ2v) is 2.65. The summed E-state index contributed by atoms with van der Waals surface area (Å²) < 4.78 is 0. The van der Waals surface area contributed by atoms with E-state index in [1.165, 1.54) is 0 Å². The number of carboxylic acid groups (broad SMARTS) is 1. The van der Waals surface area contributed by atoms with Crippen LogP contribution < -0.4 is 0 Å². The molecule has 0 aromatic carbocycles. The van der Waals surface area contributed by atoms with E-state index in [2.05, 4.69) is 18.8 Å². The number of carboxylic acids is 1. The van der Waals surface area contributed by atoms with Crippen LogP contribution in [-0.4, -0.2) is 16.4 Å². The molecule has 0 heterocycles. The smallest absolute Gasteiger partial charge is 0.330 e. The molecular weight excluding hydrogens is 160 g/mol. The van der Waals surface area contributed by atoms with Gasteiger partial charge in [0.1, 0.15) is 0 Å². The van der Waals surface area contributed by atoms with E-state index in [0.29, 0.717) is 6.42 Å². The van der Waals surface area contributed by atoms with E-state index in [9.17, 15) is 4.79 Å². The minimum absolute atomic E-state index is 0.286. The fourth-order valence-corrected chi connectivity index (χ4v) is 0.840. The van der Waals surface area contributed by atoms with E-state index in [1.54, 1.807) is 5.37 Å². The molecule has 0 unspecified atom stereocenters. The summed E-state index contributed by atoms with van der Waals surface area (Å²) in [5, 5.41) is 10.1. The summed E-state index contributed by atoms with van der Waals surface area (Å²) in [6.45, 7) is 3.42. The van der Waals surface area contributed by atoms with Crippen LogP contribution in [-0.2, 0) is 4.79 Å². The average Bonchev–Trinajstić information content (AvgIpc) is 1.97. The molecular formula is C8H12O2S. The minimum atomic E-state index is -0.896. The maximum absolute atomic E-state index is 10.2. The van der Waals surface area contributed by atoms with Gasteiger partial charge in [-0.3, -0.25) is 0 Å². The molecule has 0 aliphatic heterocycles. The van der Waals surface area contributed by atoms with Gasteiger partial charge in [-0.2, -0.15) is 0 Å². The van der Waals surface area contributed by atoms with Crippen molar-refractivity contribution in [1.29, 1.82) is 0 Å². The van der Waals surface area contributed by atoms with Crippen LogP contribution in [0.3, 0.4) is 0 Å². The van der Waals surface area contributed by atoms with Crippen molar-refractivity contribution >= 4 is 23.6 Å². The molecule has 0 saturated carbocycles. The van der Waals surface area contributed by atoms with Gasteiger partial charge in [-0.1, -0.05) is 18.8 Å². The van der Waals surface area contributed by atoms with Crippen LogP contribution in [0.15, 0.2) is 12.2 Å². The highest BCUT2D eigenvalue weighted by Crippen LogP contribution is 2.06. The van der Waals surface area contributed by atoms with Crippen molar-refractivity contribution in [3.63, 3.8) is 0 Å². The van der Waals surface area contributed by atoms with E-state index in [0.717, 1.165) is 19.3 Å². The number of hydrogen-bond acceptors (Lipinski definition) is 2. The Bertz CT molecular complexity index is 163. The topological polar surface area (TPSA) is 37.3 Å². The highest BCUT2D eigenvalue weighted by Gasteiger charge is 2.01. The molecule has 0 amide bonds. The summed E-state index contributed by atoms with van der Waals surface area (Å²) in [6, 6.07) is 0. The number of carbonyl (C=O) groups is 1. The van der Waals surface area contributed by atoms with Crippen molar-refractivity contribution in [2.75, 3.05) is 0 Å². The third kappa shape index (κ3) is 5.73. The van der Waals surface area contributed by atoms with Gasteiger partial charge in [0.15, 0.2) is 0 Å². The molecule has 2 nitrogen and oxygen atoms in total. The fraction of sp³-hybridized carbons (Fsp3) is 0.500. The van der Waals surface area contributed by atoms with Gasteiger partial charge in [0.05, 0.1) is 0 Å². The van der Waals surface area contributed by atoms with Crippen LogP contribution in [0.5, 0.6) is 0 Å². The van der Waals surface area contributed by atoms with Crippen LogP contribution in [0.25, 0.3) is 0 Å². The molecule has 0 bridgehead atoms. The SMILES string of the molecule is C=C(CCCCC=S)C(=O)O. The number of rotatable bonds is 6. The quantitative estimate of drug-likeness (QED) is 0.379. The zero-order valence-electron chi connectivity index (χ0n) is 6.38. The second-order valence-electron chi connectivity index (χ2n) is 2.32. The first-order valence-electron chi connectivity index (χ1n) is 3.53. The first-order valence-corrected chi connectivity index (χ1v) is 4.00.